The molecule has 47 heavy (non-hydrogen) atoms. The molecule has 0 saturated heterocycles. The molecule has 1 aliphatic heterocycles. The van der Waals surface area contributed by atoms with Gasteiger partial charge in [-0.15, -0.1) is 0 Å². The van der Waals surface area contributed by atoms with Gasteiger partial charge in [-0.05, 0) is 73.9 Å². The Morgan fingerprint density at radius 2 is 1.47 bits per heavy atom. The molecule has 0 radical (unpaired) electrons. The van der Waals surface area contributed by atoms with Gasteiger partial charge in [0.05, 0.1) is 36.2 Å². The van der Waals surface area contributed by atoms with Gasteiger partial charge in [0.15, 0.2) is 17.3 Å². The Hall–Kier alpha value is -5.97. The highest BCUT2D eigenvalue weighted by Crippen LogP contribution is 2.35. The van der Waals surface area contributed by atoms with Crippen LogP contribution in [0.4, 0.5) is 0 Å². The largest absolute Gasteiger partial charge is 0.490 e. The number of hydrogen-bond donors (Lipinski definition) is 0. The smallest absolute Gasteiger partial charge is 0.280 e. The molecular formula is C36H31N7O4. The molecule has 4 aromatic heterocycles. The Labute approximate surface area is 269 Å². The highest BCUT2D eigenvalue weighted by Gasteiger charge is 2.22. The molecule has 0 aliphatic carbocycles. The predicted molar refractivity (Wildman–Crippen MR) is 181 cm³/mol. The molecule has 11 heteroatoms. The van der Waals surface area contributed by atoms with Gasteiger partial charge in [-0.3, -0.25) is 24.5 Å². The number of rotatable bonds is 8. The fourth-order valence-electron chi connectivity index (χ4n) is 5.78. The summed E-state index contributed by atoms with van der Waals surface area (Å²) in [5.41, 5.74) is 3.06. The Kier molecular flexibility index (Phi) is 8.09. The van der Waals surface area contributed by atoms with E-state index in [-0.39, 0.29) is 17.7 Å². The van der Waals surface area contributed by atoms with E-state index in [9.17, 15) is 9.59 Å². The van der Waals surface area contributed by atoms with E-state index in [0.29, 0.717) is 71.1 Å². The number of ether oxygens (including phenoxy) is 2. The van der Waals surface area contributed by atoms with E-state index in [4.69, 9.17) is 24.7 Å². The quantitative estimate of drug-likeness (QED) is 0.228. The lowest BCUT2D eigenvalue weighted by atomic mass is 10.00. The Bertz CT molecular complexity index is 2300. The van der Waals surface area contributed by atoms with E-state index in [1.165, 1.54) is 9.36 Å². The summed E-state index contributed by atoms with van der Waals surface area (Å²) >= 11 is 0. The van der Waals surface area contributed by atoms with Crippen LogP contribution in [0.1, 0.15) is 31.5 Å². The fraction of sp³-hybridized carbons (Fsp3) is 0.194. The van der Waals surface area contributed by atoms with Crippen LogP contribution in [0.2, 0.25) is 0 Å². The zero-order valence-electron chi connectivity index (χ0n) is 26.0. The summed E-state index contributed by atoms with van der Waals surface area (Å²) in [5, 5.41) is 12.0. The lowest BCUT2D eigenvalue weighted by Gasteiger charge is -2.19. The second kappa shape index (κ2) is 12.8. The van der Waals surface area contributed by atoms with Crippen molar-refractivity contribution in [2.24, 2.45) is 4.99 Å². The lowest BCUT2D eigenvalue weighted by molar-refractivity contribution is 0.288. The van der Waals surface area contributed by atoms with Gasteiger partial charge in [0.25, 0.3) is 11.1 Å². The maximum atomic E-state index is 13.9. The van der Waals surface area contributed by atoms with Crippen molar-refractivity contribution in [1.82, 2.24) is 29.5 Å². The summed E-state index contributed by atoms with van der Waals surface area (Å²) in [6.07, 6.45) is 9.18. The summed E-state index contributed by atoms with van der Waals surface area (Å²) in [5.74, 6) is 1.38. The van der Waals surface area contributed by atoms with E-state index < -0.39 is 0 Å². The minimum Gasteiger partial charge on any atom is -0.490 e. The van der Waals surface area contributed by atoms with Crippen molar-refractivity contribution in [3.63, 3.8) is 0 Å². The Balaban J connectivity index is 1.43. The third-order valence-corrected chi connectivity index (χ3v) is 7.90. The average Bonchev–Trinajstić information content (AvgIpc) is 3.11. The van der Waals surface area contributed by atoms with Gasteiger partial charge in [0.1, 0.15) is 5.69 Å². The molecule has 234 valence electrons. The third kappa shape index (κ3) is 5.67. The van der Waals surface area contributed by atoms with Crippen molar-refractivity contribution in [1.29, 1.82) is 0 Å². The minimum absolute atomic E-state index is 0.223. The molecule has 6 aromatic rings. The first-order chi connectivity index (χ1) is 23.1. The molecule has 0 N–H and O–H groups in total. The molecular weight excluding hydrogens is 594 g/mol. The van der Waals surface area contributed by atoms with E-state index in [2.05, 4.69) is 9.97 Å². The zero-order valence-corrected chi connectivity index (χ0v) is 26.0. The Morgan fingerprint density at radius 3 is 2.17 bits per heavy atom. The minimum atomic E-state index is -0.288. The number of pyridine rings is 2. The summed E-state index contributed by atoms with van der Waals surface area (Å²) in [7, 11) is 0. The first-order valence-electron chi connectivity index (χ1n) is 15.5. The van der Waals surface area contributed by atoms with Crippen LogP contribution in [0.25, 0.3) is 38.4 Å². The Morgan fingerprint density at radius 1 is 0.745 bits per heavy atom. The molecule has 0 fully saturated rings. The van der Waals surface area contributed by atoms with Crippen LogP contribution >= 0.6 is 0 Å². The van der Waals surface area contributed by atoms with E-state index in [1.54, 1.807) is 36.9 Å². The normalized spacial score (nSPS) is 13.0. The second-order valence-corrected chi connectivity index (χ2v) is 10.9. The molecule has 7 rings (SSSR count). The third-order valence-electron chi connectivity index (χ3n) is 7.90. The number of aromatic nitrogens is 6. The van der Waals surface area contributed by atoms with Crippen molar-refractivity contribution in [3.05, 3.63) is 123 Å². The SMILES string of the molecule is CCOc1cc2c(C3=CC(n4nc(-c5cccnc5)c5ccccc5c4=O)=NCC3)nn(Cc3cccnc3)c(=O)c2cc1OCC. The topological polar surface area (TPSA) is 126 Å². The van der Waals surface area contributed by atoms with Crippen molar-refractivity contribution in [3.8, 4) is 22.8 Å². The molecule has 0 atom stereocenters. The standard InChI is InChI=1S/C36H31N7O4/c1-3-46-30-18-28-29(19-31(30)47-4-2)35(44)42(22-23-9-7-14-37-20-23)40-33(28)24-13-16-39-32(17-24)43-36(45)27-12-6-5-11-26(27)34(41-43)25-10-8-15-38-21-25/h5-12,14-15,17-21H,3-4,13,16,22H2,1-2H3. The maximum absolute atomic E-state index is 13.9. The van der Waals surface area contributed by atoms with Gasteiger partial charge in [0, 0.05) is 47.7 Å². The monoisotopic (exact) mass is 625 g/mol. The molecule has 0 unspecified atom stereocenters. The van der Waals surface area contributed by atoms with Gasteiger partial charge < -0.3 is 9.47 Å². The summed E-state index contributed by atoms with van der Waals surface area (Å²) in [6.45, 7) is 5.22. The van der Waals surface area contributed by atoms with Crippen molar-refractivity contribution in [2.75, 3.05) is 19.8 Å². The molecule has 2 aromatic carbocycles. The van der Waals surface area contributed by atoms with Gasteiger partial charge in [0.2, 0.25) is 0 Å². The van der Waals surface area contributed by atoms with Crippen molar-refractivity contribution in [2.45, 2.75) is 26.8 Å². The molecule has 1 aliphatic rings. The van der Waals surface area contributed by atoms with Crippen LogP contribution in [-0.2, 0) is 6.54 Å². The van der Waals surface area contributed by atoms with Crippen LogP contribution in [0.15, 0.2) is 106 Å². The van der Waals surface area contributed by atoms with E-state index in [1.807, 2.05) is 68.5 Å². The highest BCUT2D eigenvalue weighted by molar-refractivity contribution is 6.05. The van der Waals surface area contributed by atoms with Crippen molar-refractivity contribution < 1.29 is 9.47 Å². The molecule has 11 nitrogen and oxygen atoms in total. The molecule has 0 amide bonds. The maximum Gasteiger partial charge on any atom is 0.280 e. The summed E-state index contributed by atoms with van der Waals surface area (Å²) in [4.78, 5) is 41.0. The van der Waals surface area contributed by atoms with Gasteiger partial charge in [-0.25, -0.2) is 4.68 Å². The molecule has 0 saturated carbocycles. The summed E-state index contributed by atoms with van der Waals surface area (Å²) in [6, 6.07) is 18.4. The lowest BCUT2D eigenvalue weighted by Crippen LogP contribution is -2.31. The average molecular weight is 626 g/mol. The van der Waals surface area contributed by atoms with Crippen LogP contribution < -0.4 is 20.6 Å². The van der Waals surface area contributed by atoms with Crippen LogP contribution in [0.3, 0.4) is 0 Å². The predicted octanol–water partition coefficient (Wildman–Crippen LogP) is 5.14. The van der Waals surface area contributed by atoms with Gasteiger partial charge in [-0.1, -0.05) is 24.3 Å². The number of hydrogen-bond acceptors (Lipinski definition) is 9. The van der Waals surface area contributed by atoms with Gasteiger partial charge >= 0.3 is 0 Å². The van der Waals surface area contributed by atoms with Crippen LogP contribution in [0.5, 0.6) is 11.5 Å². The van der Waals surface area contributed by atoms with E-state index in [0.717, 1.165) is 22.1 Å². The van der Waals surface area contributed by atoms with Crippen molar-refractivity contribution >= 4 is 33.0 Å². The first-order valence-corrected chi connectivity index (χ1v) is 15.5. The van der Waals surface area contributed by atoms with E-state index >= 15 is 0 Å². The zero-order chi connectivity index (χ0) is 32.3. The van der Waals surface area contributed by atoms with Crippen LogP contribution in [0, 0.1) is 0 Å². The summed E-state index contributed by atoms with van der Waals surface area (Å²) < 4.78 is 14.6. The highest BCUT2D eigenvalue weighted by atomic mass is 16.5. The van der Waals surface area contributed by atoms with Crippen LogP contribution in [-0.4, -0.2) is 55.1 Å². The second-order valence-electron chi connectivity index (χ2n) is 10.9. The number of benzene rings is 2. The molecule has 0 spiro atoms. The number of aliphatic imine (C=N–C) groups is 1. The van der Waals surface area contributed by atoms with Gasteiger partial charge in [-0.2, -0.15) is 14.9 Å². The number of dihydropyridines is 1. The number of allylic oxidation sites excluding steroid dienone is 1. The first kappa shape index (κ1) is 29.7. The molecule has 5 heterocycles. The fourth-order valence-corrected chi connectivity index (χ4v) is 5.78. The number of nitrogens with zero attached hydrogens (tertiary/aromatic N) is 7. The number of fused-ring (bicyclic) bond motifs is 2. The molecule has 0 bridgehead atoms.